The zero-order valence-electron chi connectivity index (χ0n) is 13.0. The number of pyridine rings is 1. The summed E-state index contributed by atoms with van der Waals surface area (Å²) in [6.07, 6.45) is 4.56. The van der Waals surface area contributed by atoms with E-state index < -0.39 is 17.3 Å². The summed E-state index contributed by atoms with van der Waals surface area (Å²) in [6.45, 7) is 1.72. The average molecular weight is 307 g/mol. The van der Waals surface area contributed by atoms with Crippen LogP contribution in [0.5, 0.6) is 0 Å². The first-order chi connectivity index (χ1) is 10.5. The molecule has 1 unspecified atom stereocenters. The molecule has 1 saturated heterocycles. The van der Waals surface area contributed by atoms with Crippen molar-refractivity contribution in [1.29, 1.82) is 0 Å². The highest BCUT2D eigenvalue weighted by Crippen LogP contribution is 2.51. The lowest BCUT2D eigenvalue weighted by Crippen LogP contribution is -2.58. The fourth-order valence-electron chi connectivity index (χ4n) is 4.45. The normalized spacial score (nSPS) is 32.0. The van der Waals surface area contributed by atoms with Crippen molar-refractivity contribution in [3.63, 3.8) is 0 Å². The number of hydrogen-bond acceptors (Lipinski definition) is 4. The van der Waals surface area contributed by atoms with Gasteiger partial charge in [-0.15, -0.1) is 0 Å². The summed E-state index contributed by atoms with van der Waals surface area (Å²) in [7, 11) is 3.73. The monoisotopic (exact) mass is 307 g/mol. The molecule has 3 rings (SSSR count). The van der Waals surface area contributed by atoms with E-state index in [1.54, 1.807) is 13.2 Å². The standard InChI is InChI=1S/C16H22FN3O2/c1-20-8-10-4-3-5-11(9-20)16(10,22-2)12-6-7-19-14(13(12)17)15(18)21/h6-7,10-11H,3-5,8-9H2,1-2H3,(H2,18,21)/t10-,11+,16?. The predicted molar refractivity (Wildman–Crippen MR) is 79.7 cm³/mol. The van der Waals surface area contributed by atoms with Crippen molar-refractivity contribution in [3.05, 3.63) is 29.3 Å². The van der Waals surface area contributed by atoms with Crippen LogP contribution < -0.4 is 5.73 Å². The quantitative estimate of drug-likeness (QED) is 0.919. The van der Waals surface area contributed by atoms with Crippen LogP contribution in [0.3, 0.4) is 0 Å². The van der Waals surface area contributed by atoms with Gasteiger partial charge in [0.25, 0.3) is 5.91 Å². The van der Waals surface area contributed by atoms with Gasteiger partial charge in [0, 0.05) is 43.8 Å². The van der Waals surface area contributed by atoms with Gasteiger partial charge in [0.1, 0.15) is 5.60 Å². The number of rotatable bonds is 3. The van der Waals surface area contributed by atoms with Crippen molar-refractivity contribution >= 4 is 5.91 Å². The lowest BCUT2D eigenvalue weighted by atomic mass is 9.62. The molecule has 0 aromatic carbocycles. The maximum Gasteiger partial charge on any atom is 0.270 e. The number of methoxy groups -OCH3 is 1. The second kappa shape index (κ2) is 5.59. The van der Waals surface area contributed by atoms with E-state index in [9.17, 15) is 9.18 Å². The van der Waals surface area contributed by atoms with Gasteiger partial charge in [0.2, 0.25) is 0 Å². The predicted octanol–water partition coefficient (Wildman–Crippen LogP) is 1.52. The van der Waals surface area contributed by atoms with Crippen molar-refractivity contribution in [2.45, 2.75) is 24.9 Å². The number of likely N-dealkylation sites (tertiary alicyclic amines) is 1. The SMILES string of the molecule is COC1(c2ccnc(C(N)=O)c2F)[C@@H]2CCC[C@H]1CN(C)C2. The largest absolute Gasteiger partial charge is 0.373 e. The first-order valence-corrected chi connectivity index (χ1v) is 7.69. The number of fused-ring (bicyclic) bond motifs is 2. The van der Waals surface area contributed by atoms with Gasteiger partial charge in [-0.05, 0) is 26.0 Å². The molecule has 2 heterocycles. The Morgan fingerprint density at radius 2 is 2.09 bits per heavy atom. The van der Waals surface area contributed by atoms with E-state index in [2.05, 4.69) is 16.9 Å². The van der Waals surface area contributed by atoms with Crippen LogP contribution in [0, 0.1) is 17.7 Å². The van der Waals surface area contributed by atoms with Crippen LogP contribution in [0.1, 0.15) is 35.3 Å². The lowest BCUT2D eigenvalue weighted by Gasteiger charge is -2.54. The van der Waals surface area contributed by atoms with Crippen LogP contribution in [0.4, 0.5) is 4.39 Å². The molecule has 22 heavy (non-hydrogen) atoms. The Morgan fingerprint density at radius 3 is 2.64 bits per heavy atom. The van der Waals surface area contributed by atoms with E-state index in [4.69, 9.17) is 10.5 Å². The Hall–Kier alpha value is -1.53. The molecular weight excluding hydrogens is 285 g/mol. The number of nitrogens with two attached hydrogens (primary N) is 1. The van der Waals surface area contributed by atoms with Gasteiger partial charge in [-0.1, -0.05) is 6.42 Å². The minimum Gasteiger partial charge on any atom is -0.373 e. The van der Waals surface area contributed by atoms with Gasteiger partial charge < -0.3 is 15.4 Å². The van der Waals surface area contributed by atoms with Crippen LogP contribution in [0.25, 0.3) is 0 Å². The highest BCUT2D eigenvalue weighted by molar-refractivity contribution is 5.91. The lowest BCUT2D eigenvalue weighted by molar-refractivity contribution is -0.167. The van der Waals surface area contributed by atoms with Gasteiger partial charge in [-0.2, -0.15) is 0 Å². The maximum atomic E-state index is 14.9. The molecule has 2 bridgehead atoms. The number of piperidine rings is 1. The summed E-state index contributed by atoms with van der Waals surface area (Å²) in [4.78, 5) is 17.5. The molecule has 1 aromatic rings. The third-order valence-electron chi connectivity index (χ3n) is 5.26. The van der Waals surface area contributed by atoms with Crippen molar-refractivity contribution in [2.24, 2.45) is 17.6 Å². The highest BCUT2D eigenvalue weighted by atomic mass is 19.1. The third-order valence-corrected chi connectivity index (χ3v) is 5.26. The summed E-state index contributed by atoms with van der Waals surface area (Å²) < 4.78 is 20.8. The van der Waals surface area contributed by atoms with Gasteiger partial charge >= 0.3 is 0 Å². The number of aromatic nitrogens is 1. The van der Waals surface area contributed by atoms with Crippen molar-refractivity contribution < 1.29 is 13.9 Å². The van der Waals surface area contributed by atoms with Crippen LogP contribution in [0.15, 0.2) is 12.3 Å². The maximum absolute atomic E-state index is 14.9. The molecule has 1 aliphatic heterocycles. The van der Waals surface area contributed by atoms with Crippen molar-refractivity contribution in [1.82, 2.24) is 9.88 Å². The number of nitrogens with zero attached hydrogens (tertiary/aromatic N) is 2. The molecule has 5 nitrogen and oxygen atoms in total. The zero-order valence-corrected chi connectivity index (χ0v) is 13.0. The van der Waals surface area contributed by atoms with Crippen molar-refractivity contribution in [2.75, 3.05) is 27.2 Å². The van der Waals surface area contributed by atoms with E-state index >= 15 is 0 Å². The minimum absolute atomic E-state index is 0.202. The number of halogens is 1. The molecule has 6 heteroatoms. The summed E-state index contributed by atoms with van der Waals surface area (Å²) in [6, 6.07) is 1.64. The van der Waals surface area contributed by atoms with Crippen molar-refractivity contribution in [3.8, 4) is 0 Å². The summed E-state index contributed by atoms with van der Waals surface area (Å²) in [5, 5.41) is 0. The molecule has 1 saturated carbocycles. The smallest absolute Gasteiger partial charge is 0.270 e. The number of carbonyl (C=O) groups excluding carboxylic acids is 1. The topological polar surface area (TPSA) is 68.5 Å². The van der Waals surface area contributed by atoms with E-state index in [-0.39, 0.29) is 17.5 Å². The van der Waals surface area contributed by atoms with Gasteiger partial charge in [-0.25, -0.2) is 9.37 Å². The van der Waals surface area contributed by atoms with Crippen LogP contribution in [-0.2, 0) is 10.3 Å². The van der Waals surface area contributed by atoms with Gasteiger partial charge in [-0.3, -0.25) is 4.79 Å². The molecule has 1 aliphatic carbocycles. The minimum atomic E-state index is -0.844. The molecule has 0 spiro atoms. The number of carbonyl (C=O) groups is 1. The molecule has 120 valence electrons. The highest BCUT2D eigenvalue weighted by Gasteiger charge is 2.54. The first-order valence-electron chi connectivity index (χ1n) is 7.69. The second-order valence-electron chi connectivity index (χ2n) is 6.43. The summed E-state index contributed by atoms with van der Waals surface area (Å²) in [5.41, 5.74) is 4.68. The van der Waals surface area contributed by atoms with Crippen LogP contribution in [0.2, 0.25) is 0 Å². The molecular formula is C16H22FN3O2. The fourth-order valence-corrected chi connectivity index (χ4v) is 4.45. The molecule has 1 aromatic heterocycles. The zero-order chi connectivity index (χ0) is 15.9. The van der Waals surface area contributed by atoms with E-state index in [1.165, 1.54) is 6.20 Å². The molecule has 2 N–H and O–H groups in total. The molecule has 1 amide bonds. The molecule has 2 fully saturated rings. The second-order valence-corrected chi connectivity index (χ2v) is 6.43. The van der Waals surface area contributed by atoms with Gasteiger partial charge in [0.15, 0.2) is 11.5 Å². The Balaban J connectivity index is 2.15. The Morgan fingerprint density at radius 1 is 1.45 bits per heavy atom. The van der Waals surface area contributed by atoms with E-state index in [0.29, 0.717) is 5.56 Å². The van der Waals surface area contributed by atoms with Crippen LogP contribution >= 0.6 is 0 Å². The summed E-state index contributed by atoms with van der Waals surface area (Å²) in [5.74, 6) is -1.07. The number of primary amides is 1. The Kier molecular flexibility index (Phi) is 3.91. The molecule has 3 atom stereocenters. The van der Waals surface area contributed by atoms with E-state index in [0.717, 1.165) is 32.4 Å². The number of amides is 1. The number of ether oxygens (including phenoxy) is 1. The first kappa shape index (κ1) is 15.4. The molecule has 0 radical (unpaired) electrons. The molecule has 2 aliphatic rings. The van der Waals surface area contributed by atoms with Crippen LogP contribution in [-0.4, -0.2) is 43.0 Å². The number of hydrogen-bond donors (Lipinski definition) is 1. The Labute approximate surface area is 129 Å². The third kappa shape index (κ3) is 2.13. The van der Waals surface area contributed by atoms with E-state index in [1.807, 2.05) is 0 Å². The Bertz CT molecular complexity index is 579. The fraction of sp³-hybridized carbons (Fsp3) is 0.625. The average Bonchev–Trinajstić information content (AvgIpc) is 2.46. The summed E-state index contributed by atoms with van der Waals surface area (Å²) >= 11 is 0. The van der Waals surface area contributed by atoms with Gasteiger partial charge in [0.05, 0.1) is 0 Å².